The highest BCUT2D eigenvalue weighted by atomic mass is 16.4. The number of allylic oxidation sites excluding steroid dienone is 1. The van der Waals surface area contributed by atoms with Gasteiger partial charge in [0.2, 0.25) is 11.8 Å². The molecule has 0 aliphatic heterocycles. The smallest absolute Gasteiger partial charge is 0.326 e. The summed E-state index contributed by atoms with van der Waals surface area (Å²) in [4.78, 5) is 33.0. The van der Waals surface area contributed by atoms with Crippen molar-refractivity contribution in [3.05, 3.63) is 11.6 Å². The molecule has 1 atom stereocenters. The number of carboxylic acids is 1. The molecule has 0 aromatic heterocycles. The topological polar surface area (TPSA) is 109 Å². The molecule has 0 saturated carbocycles. The molecule has 6 heteroatoms. The molecule has 1 unspecified atom stereocenters. The van der Waals surface area contributed by atoms with Crippen molar-refractivity contribution in [1.82, 2.24) is 5.32 Å². The Labute approximate surface area is 106 Å². The van der Waals surface area contributed by atoms with Crippen LogP contribution < -0.4 is 11.1 Å². The normalized spacial score (nSPS) is 12.9. The summed E-state index contributed by atoms with van der Waals surface area (Å²) in [6.45, 7) is 3.80. The molecule has 0 aromatic carbocycles. The van der Waals surface area contributed by atoms with Gasteiger partial charge in [0, 0.05) is 12.5 Å². The summed E-state index contributed by atoms with van der Waals surface area (Å²) in [6.07, 6.45) is 3.00. The Balaban J connectivity index is 4.41. The summed E-state index contributed by atoms with van der Waals surface area (Å²) in [5.41, 5.74) is 5.82. The number of nitrogens with two attached hydrogens (primary N) is 1. The van der Waals surface area contributed by atoms with Crippen molar-refractivity contribution >= 4 is 17.8 Å². The second kappa shape index (κ2) is 8.27. The molecule has 0 radical (unpaired) electrons. The summed E-state index contributed by atoms with van der Waals surface area (Å²) >= 11 is 0. The minimum absolute atomic E-state index is 0.00290. The quantitative estimate of drug-likeness (QED) is 0.551. The molecular weight excluding hydrogens is 236 g/mol. The fraction of sp³-hybridized carbons (Fsp3) is 0.583. The standard InChI is InChI=1S/C12H20N2O4/c1-3-4-8(2)7-11(16)14-9(12(17)18)5-6-10(13)15/h7,9H,3-6H2,1-2H3,(H2,13,15)(H,14,16)(H,17,18)/b8-7+. The highest BCUT2D eigenvalue weighted by molar-refractivity contribution is 5.91. The highest BCUT2D eigenvalue weighted by Crippen LogP contribution is 2.03. The Kier molecular flexibility index (Phi) is 7.42. The van der Waals surface area contributed by atoms with E-state index in [1.165, 1.54) is 6.08 Å². The van der Waals surface area contributed by atoms with Crippen LogP contribution in [0, 0.1) is 0 Å². The SMILES string of the molecule is CCC/C(C)=C/C(=O)NC(CCC(N)=O)C(=O)O. The summed E-state index contributed by atoms with van der Waals surface area (Å²) < 4.78 is 0. The molecule has 0 bridgehead atoms. The summed E-state index contributed by atoms with van der Waals surface area (Å²) in [5, 5.41) is 11.2. The average molecular weight is 256 g/mol. The van der Waals surface area contributed by atoms with Crippen LogP contribution in [0.1, 0.15) is 39.5 Å². The second-order valence-electron chi connectivity index (χ2n) is 4.15. The van der Waals surface area contributed by atoms with Gasteiger partial charge < -0.3 is 16.2 Å². The largest absolute Gasteiger partial charge is 0.480 e. The fourth-order valence-corrected chi connectivity index (χ4v) is 1.45. The third-order valence-electron chi connectivity index (χ3n) is 2.32. The van der Waals surface area contributed by atoms with Crippen molar-refractivity contribution in [1.29, 1.82) is 0 Å². The summed E-state index contributed by atoms with van der Waals surface area (Å²) in [5.74, 6) is -2.22. The van der Waals surface area contributed by atoms with Crippen LogP contribution in [-0.4, -0.2) is 28.9 Å². The zero-order chi connectivity index (χ0) is 14.1. The van der Waals surface area contributed by atoms with Gasteiger partial charge in [-0.2, -0.15) is 0 Å². The minimum atomic E-state index is -1.17. The van der Waals surface area contributed by atoms with Gasteiger partial charge in [0.25, 0.3) is 0 Å². The van der Waals surface area contributed by atoms with Gasteiger partial charge in [0.15, 0.2) is 0 Å². The van der Waals surface area contributed by atoms with Gasteiger partial charge >= 0.3 is 5.97 Å². The lowest BCUT2D eigenvalue weighted by Gasteiger charge is -2.12. The van der Waals surface area contributed by atoms with Gasteiger partial charge in [-0.25, -0.2) is 4.79 Å². The Morgan fingerprint density at radius 2 is 1.94 bits per heavy atom. The van der Waals surface area contributed by atoms with Crippen LogP contribution in [0.3, 0.4) is 0 Å². The van der Waals surface area contributed by atoms with E-state index in [4.69, 9.17) is 10.8 Å². The maximum absolute atomic E-state index is 11.5. The van der Waals surface area contributed by atoms with E-state index in [2.05, 4.69) is 5.32 Å². The first-order valence-corrected chi connectivity index (χ1v) is 5.85. The number of primary amides is 1. The molecule has 18 heavy (non-hydrogen) atoms. The lowest BCUT2D eigenvalue weighted by Crippen LogP contribution is -2.40. The number of rotatable bonds is 8. The molecule has 0 aliphatic carbocycles. The van der Waals surface area contributed by atoms with Gasteiger partial charge in [-0.05, 0) is 19.8 Å². The molecule has 4 N–H and O–H groups in total. The van der Waals surface area contributed by atoms with Crippen LogP contribution in [0.25, 0.3) is 0 Å². The van der Waals surface area contributed by atoms with E-state index in [0.29, 0.717) is 0 Å². The molecule has 0 spiro atoms. The molecule has 6 nitrogen and oxygen atoms in total. The number of amides is 2. The van der Waals surface area contributed by atoms with Gasteiger partial charge in [-0.15, -0.1) is 0 Å². The Morgan fingerprint density at radius 1 is 1.33 bits per heavy atom. The number of nitrogens with one attached hydrogen (secondary N) is 1. The first-order chi connectivity index (χ1) is 8.36. The third kappa shape index (κ3) is 7.43. The van der Waals surface area contributed by atoms with Crippen LogP contribution in [-0.2, 0) is 14.4 Å². The van der Waals surface area contributed by atoms with Crippen LogP contribution >= 0.6 is 0 Å². The molecule has 0 saturated heterocycles. The number of carbonyl (C=O) groups excluding carboxylic acids is 2. The highest BCUT2D eigenvalue weighted by Gasteiger charge is 2.19. The molecule has 2 amide bonds. The number of hydrogen-bond acceptors (Lipinski definition) is 3. The maximum Gasteiger partial charge on any atom is 0.326 e. The van der Waals surface area contributed by atoms with Crippen LogP contribution in [0.15, 0.2) is 11.6 Å². The predicted molar refractivity (Wildman–Crippen MR) is 66.7 cm³/mol. The molecule has 0 aliphatic rings. The molecule has 0 aromatic rings. The van der Waals surface area contributed by atoms with Crippen molar-refractivity contribution in [3.63, 3.8) is 0 Å². The van der Waals surface area contributed by atoms with E-state index >= 15 is 0 Å². The van der Waals surface area contributed by atoms with E-state index in [-0.39, 0.29) is 12.8 Å². The molecule has 0 heterocycles. The Bertz CT molecular complexity index is 350. The predicted octanol–water partition coefficient (Wildman–Crippen LogP) is 0.568. The number of hydrogen-bond donors (Lipinski definition) is 3. The summed E-state index contributed by atoms with van der Waals surface area (Å²) in [6, 6.07) is -1.09. The van der Waals surface area contributed by atoms with E-state index in [1.54, 1.807) is 0 Å². The Morgan fingerprint density at radius 3 is 2.39 bits per heavy atom. The van der Waals surface area contributed by atoms with Crippen molar-refractivity contribution in [2.75, 3.05) is 0 Å². The van der Waals surface area contributed by atoms with Gasteiger partial charge in [0.05, 0.1) is 0 Å². The van der Waals surface area contributed by atoms with Crippen LogP contribution in [0.5, 0.6) is 0 Å². The van der Waals surface area contributed by atoms with Gasteiger partial charge in [-0.3, -0.25) is 9.59 Å². The zero-order valence-corrected chi connectivity index (χ0v) is 10.7. The van der Waals surface area contributed by atoms with E-state index in [0.717, 1.165) is 18.4 Å². The summed E-state index contributed by atoms with van der Waals surface area (Å²) in [7, 11) is 0. The molecule has 0 fully saturated rings. The number of carboxylic acid groups (broad SMARTS) is 1. The van der Waals surface area contributed by atoms with Crippen LogP contribution in [0.4, 0.5) is 0 Å². The minimum Gasteiger partial charge on any atom is -0.480 e. The van der Waals surface area contributed by atoms with Gasteiger partial charge in [-0.1, -0.05) is 18.9 Å². The van der Waals surface area contributed by atoms with Gasteiger partial charge in [0.1, 0.15) is 6.04 Å². The molecular formula is C12H20N2O4. The zero-order valence-electron chi connectivity index (χ0n) is 10.7. The lowest BCUT2D eigenvalue weighted by atomic mass is 10.1. The van der Waals surface area contributed by atoms with Crippen molar-refractivity contribution < 1.29 is 19.5 Å². The molecule has 0 rings (SSSR count). The number of carbonyl (C=O) groups is 3. The van der Waals surface area contributed by atoms with Crippen molar-refractivity contribution in [3.8, 4) is 0 Å². The lowest BCUT2D eigenvalue weighted by molar-refractivity contribution is -0.141. The number of aliphatic carboxylic acids is 1. The van der Waals surface area contributed by atoms with Crippen molar-refractivity contribution in [2.24, 2.45) is 5.73 Å². The van der Waals surface area contributed by atoms with E-state index in [1.807, 2.05) is 13.8 Å². The molecule has 102 valence electrons. The van der Waals surface area contributed by atoms with E-state index < -0.39 is 23.8 Å². The van der Waals surface area contributed by atoms with Crippen LogP contribution in [0.2, 0.25) is 0 Å². The third-order valence-corrected chi connectivity index (χ3v) is 2.32. The average Bonchev–Trinajstić information content (AvgIpc) is 2.23. The van der Waals surface area contributed by atoms with Crippen molar-refractivity contribution in [2.45, 2.75) is 45.6 Å². The van der Waals surface area contributed by atoms with E-state index in [9.17, 15) is 14.4 Å². The first kappa shape index (κ1) is 16.1. The second-order valence-corrected chi connectivity index (χ2v) is 4.15. The first-order valence-electron chi connectivity index (χ1n) is 5.85. The fourth-order valence-electron chi connectivity index (χ4n) is 1.45. The Hall–Kier alpha value is -1.85. The monoisotopic (exact) mass is 256 g/mol. The maximum atomic E-state index is 11.5.